The molecule has 0 bridgehead atoms. The van der Waals surface area contributed by atoms with Gasteiger partial charge in [-0.15, -0.1) is 0 Å². The summed E-state index contributed by atoms with van der Waals surface area (Å²) in [7, 11) is -0.806. The molecule has 0 fully saturated rings. The van der Waals surface area contributed by atoms with Crippen molar-refractivity contribution in [1.82, 2.24) is 0 Å². The minimum atomic E-state index is -0.806. The van der Waals surface area contributed by atoms with Crippen LogP contribution in [0.2, 0.25) is 0 Å². The van der Waals surface area contributed by atoms with E-state index in [9.17, 15) is 4.79 Å². The van der Waals surface area contributed by atoms with E-state index < -0.39 is 9.52 Å². The third-order valence-corrected chi connectivity index (χ3v) is 4.62. The lowest BCUT2D eigenvalue weighted by Gasteiger charge is -2.23. The van der Waals surface area contributed by atoms with Crippen LogP contribution in [-0.4, -0.2) is 40.3 Å². The Balaban J connectivity index is 4.44. The maximum Gasteiger partial charge on any atom is 0.333 e. The number of carbonyl (C=O) groups excluding carboxylic acids is 1. The molecule has 19 heavy (non-hydrogen) atoms. The number of esters is 1. The SMILES string of the molecule is C=C(C)C(=O)OC(CCCC)[SiH2]C(OCC)OCC. The summed E-state index contributed by atoms with van der Waals surface area (Å²) in [4.78, 5) is 11.6. The fourth-order valence-corrected chi connectivity index (χ4v) is 3.62. The summed E-state index contributed by atoms with van der Waals surface area (Å²) in [6.07, 6.45) is 3.02. The number of hydrogen-bond donors (Lipinski definition) is 0. The van der Waals surface area contributed by atoms with Crippen LogP contribution in [0.5, 0.6) is 0 Å². The Kier molecular flexibility index (Phi) is 10.8. The van der Waals surface area contributed by atoms with Gasteiger partial charge in [-0.2, -0.15) is 0 Å². The van der Waals surface area contributed by atoms with Gasteiger partial charge in [0.25, 0.3) is 0 Å². The van der Waals surface area contributed by atoms with Crippen molar-refractivity contribution in [3.8, 4) is 0 Å². The van der Waals surface area contributed by atoms with Gasteiger partial charge in [0.2, 0.25) is 0 Å². The van der Waals surface area contributed by atoms with E-state index in [1.807, 2.05) is 13.8 Å². The van der Waals surface area contributed by atoms with Crippen molar-refractivity contribution in [2.24, 2.45) is 0 Å². The molecule has 0 saturated heterocycles. The number of hydrogen-bond acceptors (Lipinski definition) is 4. The zero-order valence-electron chi connectivity index (χ0n) is 12.7. The van der Waals surface area contributed by atoms with Gasteiger partial charge >= 0.3 is 5.97 Å². The molecule has 0 aromatic carbocycles. The van der Waals surface area contributed by atoms with E-state index in [4.69, 9.17) is 14.2 Å². The van der Waals surface area contributed by atoms with Gasteiger partial charge in [0.05, 0.1) is 5.73 Å². The fourth-order valence-electron chi connectivity index (χ4n) is 1.68. The van der Waals surface area contributed by atoms with Gasteiger partial charge in [-0.05, 0) is 27.2 Å². The topological polar surface area (TPSA) is 44.8 Å². The monoisotopic (exact) mass is 288 g/mol. The van der Waals surface area contributed by atoms with Crippen molar-refractivity contribution >= 4 is 15.5 Å². The maximum atomic E-state index is 11.6. The number of carbonyl (C=O) groups is 1. The Hall–Kier alpha value is -0.653. The van der Waals surface area contributed by atoms with E-state index in [1.54, 1.807) is 6.92 Å². The average molecular weight is 288 g/mol. The third kappa shape index (κ3) is 8.97. The van der Waals surface area contributed by atoms with Gasteiger partial charge in [-0.25, -0.2) is 4.79 Å². The van der Waals surface area contributed by atoms with Gasteiger partial charge in [0.1, 0.15) is 15.4 Å². The molecule has 0 spiro atoms. The highest BCUT2D eigenvalue weighted by atomic mass is 28.2. The van der Waals surface area contributed by atoms with Crippen molar-refractivity contribution in [2.75, 3.05) is 13.2 Å². The lowest BCUT2D eigenvalue weighted by Crippen LogP contribution is -2.36. The highest BCUT2D eigenvalue weighted by Gasteiger charge is 2.21. The molecule has 0 aliphatic rings. The van der Waals surface area contributed by atoms with Crippen LogP contribution in [-0.2, 0) is 19.0 Å². The molecule has 0 aliphatic carbocycles. The van der Waals surface area contributed by atoms with Crippen LogP contribution in [0.4, 0.5) is 0 Å². The molecule has 4 nitrogen and oxygen atoms in total. The summed E-state index contributed by atoms with van der Waals surface area (Å²) < 4.78 is 16.6. The first kappa shape index (κ1) is 18.3. The van der Waals surface area contributed by atoms with E-state index in [1.165, 1.54) is 0 Å². The Morgan fingerprint density at radius 3 is 2.21 bits per heavy atom. The van der Waals surface area contributed by atoms with Gasteiger partial charge in [0, 0.05) is 18.8 Å². The molecule has 0 rings (SSSR count). The second kappa shape index (κ2) is 11.2. The molecule has 0 heterocycles. The Morgan fingerprint density at radius 2 is 1.79 bits per heavy atom. The van der Waals surface area contributed by atoms with E-state index in [0.717, 1.165) is 19.3 Å². The van der Waals surface area contributed by atoms with Crippen LogP contribution in [0, 0.1) is 0 Å². The van der Waals surface area contributed by atoms with E-state index in [-0.39, 0.29) is 17.6 Å². The Labute approximate surface area is 119 Å². The first-order valence-electron chi connectivity index (χ1n) is 7.14. The molecule has 0 aromatic heterocycles. The van der Waals surface area contributed by atoms with Crippen molar-refractivity contribution in [3.63, 3.8) is 0 Å². The molecule has 1 unspecified atom stereocenters. The van der Waals surface area contributed by atoms with Crippen LogP contribution in [0.25, 0.3) is 0 Å². The zero-order chi connectivity index (χ0) is 14.7. The van der Waals surface area contributed by atoms with Crippen molar-refractivity contribution in [2.45, 2.75) is 58.6 Å². The van der Waals surface area contributed by atoms with Crippen LogP contribution in [0.3, 0.4) is 0 Å². The first-order valence-corrected chi connectivity index (χ1v) is 8.78. The van der Waals surface area contributed by atoms with Gasteiger partial charge < -0.3 is 14.2 Å². The zero-order valence-corrected chi connectivity index (χ0v) is 14.2. The molecule has 1 atom stereocenters. The van der Waals surface area contributed by atoms with E-state index in [0.29, 0.717) is 18.8 Å². The van der Waals surface area contributed by atoms with Crippen LogP contribution in [0.15, 0.2) is 12.2 Å². The van der Waals surface area contributed by atoms with Crippen molar-refractivity contribution in [3.05, 3.63) is 12.2 Å². The van der Waals surface area contributed by atoms with Crippen molar-refractivity contribution in [1.29, 1.82) is 0 Å². The summed E-state index contributed by atoms with van der Waals surface area (Å²) in [6.45, 7) is 12.5. The molecule has 0 amide bonds. The van der Waals surface area contributed by atoms with Gasteiger partial charge in [0.15, 0.2) is 0 Å². The largest absolute Gasteiger partial charge is 0.463 e. The van der Waals surface area contributed by atoms with Gasteiger partial charge in [-0.3, -0.25) is 0 Å². The summed E-state index contributed by atoms with van der Waals surface area (Å²) >= 11 is 0. The third-order valence-electron chi connectivity index (χ3n) is 2.66. The molecular formula is C14H28O4Si. The highest BCUT2D eigenvalue weighted by molar-refractivity contribution is 6.38. The van der Waals surface area contributed by atoms with Gasteiger partial charge in [-0.1, -0.05) is 26.3 Å². The molecule has 0 radical (unpaired) electrons. The molecule has 0 aliphatic heterocycles. The Bertz CT molecular complexity index is 262. The predicted molar refractivity (Wildman–Crippen MR) is 79.8 cm³/mol. The molecule has 112 valence electrons. The van der Waals surface area contributed by atoms with Crippen molar-refractivity contribution < 1.29 is 19.0 Å². The second-order valence-electron chi connectivity index (χ2n) is 4.53. The first-order chi connectivity index (χ1) is 9.04. The smallest absolute Gasteiger partial charge is 0.333 e. The number of rotatable bonds is 11. The minimum Gasteiger partial charge on any atom is -0.463 e. The van der Waals surface area contributed by atoms with Crippen LogP contribution >= 0.6 is 0 Å². The van der Waals surface area contributed by atoms with E-state index in [2.05, 4.69) is 13.5 Å². The quantitative estimate of drug-likeness (QED) is 0.253. The van der Waals surface area contributed by atoms with Crippen LogP contribution < -0.4 is 0 Å². The summed E-state index contributed by atoms with van der Waals surface area (Å²) in [6, 6.07) is 0. The maximum absolute atomic E-state index is 11.6. The summed E-state index contributed by atoms with van der Waals surface area (Å²) in [5.74, 6) is -0.477. The standard InChI is InChI=1S/C14H28O4Si/c1-6-9-10-12(18-13(15)11(4)5)19-14(16-7-2)17-8-3/h12,14H,4,6-10,19H2,1-3,5H3. The Morgan fingerprint density at radius 1 is 1.21 bits per heavy atom. The normalized spacial score (nSPS) is 13.1. The van der Waals surface area contributed by atoms with E-state index >= 15 is 0 Å². The molecule has 0 saturated carbocycles. The highest BCUT2D eigenvalue weighted by Crippen LogP contribution is 2.09. The minimum absolute atomic E-state index is 0.0350. The molecule has 0 aromatic rings. The fraction of sp³-hybridized carbons (Fsp3) is 0.786. The number of ether oxygens (including phenoxy) is 3. The average Bonchev–Trinajstić information content (AvgIpc) is 2.36. The predicted octanol–water partition coefficient (Wildman–Crippen LogP) is 2.15. The number of unbranched alkanes of at least 4 members (excludes halogenated alkanes) is 1. The second-order valence-corrected chi connectivity index (χ2v) is 6.57. The van der Waals surface area contributed by atoms with Crippen LogP contribution in [0.1, 0.15) is 47.0 Å². The summed E-state index contributed by atoms with van der Waals surface area (Å²) in [5, 5.41) is 0. The molecular weight excluding hydrogens is 260 g/mol. The molecule has 0 N–H and O–H groups in total. The lowest BCUT2D eigenvalue weighted by atomic mass is 10.2. The summed E-state index contributed by atoms with van der Waals surface area (Å²) in [5.41, 5.74) is 0.409. The lowest BCUT2D eigenvalue weighted by molar-refractivity contribution is -0.142. The molecule has 5 heteroatoms.